The van der Waals surface area contributed by atoms with Crippen molar-refractivity contribution in [1.29, 1.82) is 0 Å². The highest BCUT2D eigenvalue weighted by Crippen LogP contribution is 2.19. The molecule has 0 N–H and O–H groups in total. The van der Waals surface area contributed by atoms with Gasteiger partial charge in [0.15, 0.2) is 0 Å². The highest BCUT2D eigenvalue weighted by Gasteiger charge is 2.17. The van der Waals surface area contributed by atoms with Gasteiger partial charge in [-0.25, -0.2) is 4.98 Å². The Balaban J connectivity index is 1.39. The molecule has 0 spiro atoms. The predicted octanol–water partition coefficient (Wildman–Crippen LogP) is 5.13. The molecule has 4 aromatic rings. The molecule has 0 saturated carbocycles. The molecule has 0 unspecified atom stereocenters. The van der Waals surface area contributed by atoms with Crippen molar-refractivity contribution in [3.8, 4) is 5.75 Å². The molecule has 0 radical (unpaired) electrons. The van der Waals surface area contributed by atoms with E-state index < -0.39 is 0 Å². The van der Waals surface area contributed by atoms with Crippen molar-refractivity contribution >= 4 is 16.9 Å². The van der Waals surface area contributed by atoms with Crippen LogP contribution in [0.4, 0.5) is 0 Å². The Hall–Kier alpha value is -3.67. The molecule has 0 bridgehead atoms. The molecule has 0 aliphatic heterocycles. The van der Waals surface area contributed by atoms with E-state index in [0.717, 1.165) is 48.4 Å². The van der Waals surface area contributed by atoms with E-state index in [0.29, 0.717) is 18.7 Å². The summed E-state index contributed by atoms with van der Waals surface area (Å²) >= 11 is 0. The largest absolute Gasteiger partial charge is 0.494 e. The summed E-state index contributed by atoms with van der Waals surface area (Å²) < 4.78 is 8.12. The zero-order valence-electron chi connectivity index (χ0n) is 19.3. The molecule has 4 rings (SSSR count). The van der Waals surface area contributed by atoms with Gasteiger partial charge in [-0.1, -0.05) is 31.2 Å². The van der Waals surface area contributed by atoms with E-state index in [1.54, 1.807) is 36.5 Å². The lowest BCUT2D eigenvalue weighted by atomic mass is 10.2. The average molecular weight is 443 g/mol. The maximum atomic E-state index is 12.8. The van der Waals surface area contributed by atoms with E-state index in [2.05, 4.69) is 34.7 Å². The van der Waals surface area contributed by atoms with Crippen molar-refractivity contribution < 1.29 is 9.53 Å². The first-order chi connectivity index (χ1) is 16.2. The summed E-state index contributed by atoms with van der Waals surface area (Å²) in [5.74, 6) is 1.73. The Labute approximate surface area is 194 Å². The molecule has 170 valence electrons. The van der Waals surface area contributed by atoms with Crippen molar-refractivity contribution in [2.45, 2.75) is 39.3 Å². The highest BCUT2D eigenvalue weighted by atomic mass is 16.5. The molecular formula is C27H30N4O2. The van der Waals surface area contributed by atoms with Crippen molar-refractivity contribution in [3.05, 3.63) is 90.0 Å². The fraction of sp³-hybridized carbons (Fsp3) is 0.296. The van der Waals surface area contributed by atoms with Crippen LogP contribution in [0.1, 0.15) is 41.5 Å². The number of hydrogen-bond acceptors (Lipinski definition) is 4. The number of imidazole rings is 1. The van der Waals surface area contributed by atoms with Crippen LogP contribution in [-0.4, -0.2) is 39.0 Å². The quantitative estimate of drug-likeness (QED) is 0.320. The lowest BCUT2D eigenvalue weighted by molar-refractivity contribution is 0.0779. The summed E-state index contributed by atoms with van der Waals surface area (Å²) in [6.07, 6.45) is 6.19. The standard InChI is InChI=1S/C27H30N4O2/c1-3-21-12-14-23(15-13-21)33-18-7-6-17-31-25-11-5-4-10-24(25)29-26(31)20-30(2)27(32)22-9-8-16-28-19-22/h4-5,8-16,19H,3,6-7,17-18,20H2,1-2H3. The molecule has 0 aliphatic rings. The number of benzene rings is 2. The van der Waals surface area contributed by atoms with Crippen LogP contribution in [0, 0.1) is 0 Å². The minimum absolute atomic E-state index is 0.0656. The molecule has 1 amide bonds. The van der Waals surface area contributed by atoms with Gasteiger partial charge in [0, 0.05) is 26.0 Å². The number of amides is 1. The van der Waals surface area contributed by atoms with E-state index in [-0.39, 0.29) is 5.91 Å². The van der Waals surface area contributed by atoms with Gasteiger partial charge in [0.25, 0.3) is 5.91 Å². The first-order valence-electron chi connectivity index (χ1n) is 11.5. The molecule has 2 heterocycles. The van der Waals surface area contributed by atoms with Gasteiger partial charge in [0.05, 0.1) is 29.7 Å². The van der Waals surface area contributed by atoms with E-state index >= 15 is 0 Å². The second-order valence-corrected chi connectivity index (χ2v) is 8.12. The van der Waals surface area contributed by atoms with Gasteiger partial charge in [0.2, 0.25) is 0 Å². The van der Waals surface area contributed by atoms with Crippen LogP contribution >= 0.6 is 0 Å². The van der Waals surface area contributed by atoms with E-state index in [1.807, 2.05) is 30.3 Å². The Morgan fingerprint density at radius 3 is 2.61 bits per heavy atom. The van der Waals surface area contributed by atoms with Crippen LogP contribution in [0.15, 0.2) is 73.1 Å². The van der Waals surface area contributed by atoms with Gasteiger partial charge >= 0.3 is 0 Å². The van der Waals surface area contributed by atoms with E-state index in [4.69, 9.17) is 9.72 Å². The highest BCUT2D eigenvalue weighted by molar-refractivity contribution is 5.93. The summed E-state index contributed by atoms with van der Waals surface area (Å²) in [5.41, 5.74) is 3.92. The third-order valence-corrected chi connectivity index (χ3v) is 5.74. The average Bonchev–Trinajstić information content (AvgIpc) is 3.21. The third-order valence-electron chi connectivity index (χ3n) is 5.74. The van der Waals surface area contributed by atoms with E-state index in [9.17, 15) is 4.79 Å². The van der Waals surface area contributed by atoms with Crippen LogP contribution in [0.2, 0.25) is 0 Å². The number of unbranched alkanes of at least 4 members (excludes halogenated alkanes) is 1. The molecule has 6 nitrogen and oxygen atoms in total. The van der Waals surface area contributed by atoms with Crippen molar-refractivity contribution in [2.24, 2.45) is 0 Å². The molecule has 0 saturated heterocycles. The normalized spacial score (nSPS) is 11.0. The van der Waals surface area contributed by atoms with Gasteiger partial charge in [0.1, 0.15) is 11.6 Å². The molecule has 0 atom stereocenters. The summed E-state index contributed by atoms with van der Waals surface area (Å²) in [7, 11) is 1.80. The van der Waals surface area contributed by atoms with Gasteiger partial charge in [-0.15, -0.1) is 0 Å². The number of aromatic nitrogens is 3. The molecule has 6 heteroatoms. The molecule has 0 fully saturated rings. The number of fused-ring (bicyclic) bond motifs is 1. The lowest BCUT2D eigenvalue weighted by Gasteiger charge is -2.18. The Kier molecular flexibility index (Phi) is 7.35. The SMILES string of the molecule is CCc1ccc(OCCCCn2c(CN(C)C(=O)c3cccnc3)nc3ccccc32)cc1. The monoisotopic (exact) mass is 442 g/mol. The number of nitrogens with zero attached hydrogens (tertiary/aromatic N) is 4. The van der Waals surface area contributed by atoms with Crippen molar-refractivity contribution in [3.63, 3.8) is 0 Å². The summed E-state index contributed by atoms with van der Waals surface area (Å²) in [6.45, 7) is 4.08. The van der Waals surface area contributed by atoms with Crippen LogP contribution in [0.3, 0.4) is 0 Å². The number of hydrogen-bond donors (Lipinski definition) is 0. The first kappa shape index (κ1) is 22.5. The summed E-state index contributed by atoms with van der Waals surface area (Å²) in [4.78, 5) is 23.3. The second-order valence-electron chi connectivity index (χ2n) is 8.12. The van der Waals surface area contributed by atoms with Crippen LogP contribution in [-0.2, 0) is 19.5 Å². The lowest BCUT2D eigenvalue weighted by Crippen LogP contribution is -2.28. The van der Waals surface area contributed by atoms with Crippen LogP contribution < -0.4 is 4.74 Å². The van der Waals surface area contributed by atoms with Crippen molar-refractivity contribution in [1.82, 2.24) is 19.4 Å². The summed E-state index contributed by atoms with van der Waals surface area (Å²) in [5, 5.41) is 0. The smallest absolute Gasteiger partial charge is 0.255 e. The molecule has 33 heavy (non-hydrogen) atoms. The Morgan fingerprint density at radius 1 is 1.03 bits per heavy atom. The Morgan fingerprint density at radius 2 is 1.85 bits per heavy atom. The fourth-order valence-electron chi connectivity index (χ4n) is 3.87. The maximum absolute atomic E-state index is 12.8. The van der Waals surface area contributed by atoms with Gasteiger partial charge in [-0.2, -0.15) is 0 Å². The number of pyridine rings is 1. The number of aryl methyl sites for hydroxylation is 2. The van der Waals surface area contributed by atoms with Gasteiger partial charge < -0.3 is 14.2 Å². The minimum atomic E-state index is -0.0656. The zero-order chi connectivity index (χ0) is 23.0. The molecule has 0 aliphatic carbocycles. The summed E-state index contributed by atoms with van der Waals surface area (Å²) in [6, 6.07) is 20.0. The van der Waals surface area contributed by atoms with E-state index in [1.165, 1.54) is 5.56 Å². The predicted molar refractivity (Wildman–Crippen MR) is 130 cm³/mol. The Bertz CT molecular complexity index is 1190. The second kappa shape index (κ2) is 10.8. The zero-order valence-corrected chi connectivity index (χ0v) is 19.3. The van der Waals surface area contributed by atoms with Gasteiger partial charge in [-0.05, 0) is 61.2 Å². The number of rotatable bonds is 10. The molecular weight excluding hydrogens is 412 g/mol. The number of para-hydroxylation sites is 2. The minimum Gasteiger partial charge on any atom is -0.494 e. The number of carbonyl (C=O) groups is 1. The molecule has 2 aromatic carbocycles. The maximum Gasteiger partial charge on any atom is 0.255 e. The number of carbonyl (C=O) groups excluding carboxylic acids is 1. The molecule has 2 aromatic heterocycles. The topological polar surface area (TPSA) is 60.2 Å². The van der Waals surface area contributed by atoms with Crippen LogP contribution in [0.5, 0.6) is 5.75 Å². The van der Waals surface area contributed by atoms with Crippen molar-refractivity contribution in [2.75, 3.05) is 13.7 Å². The fourth-order valence-corrected chi connectivity index (χ4v) is 3.87. The van der Waals surface area contributed by atoms with Gasteiger partial charge in [-0.3, -0.25) is 9.78 Å². The third kappa shape index (κ3) is 5.58. The van der Waals surface area contributed by atoms with Crippen LogP contribution in [0.25, 0.3) is 11.0 Å². The number of ether oxygens (including phenoxy) is 1. The first-order valence-corrected chi connectivity index (χ1v) is 11.5.